The van der Waals surface area contributed by atoms with E-state index in [2.05, 4.69) is 25.8 Å². The van der Waals surface area contributed by atoms with Gasteiger partial charge in [0.15, 0.2) is 11.8 Å². The number of methoxy groups -OCH3 is 1. The Morgan fingerprint density at radius 3 is 2.50 bits per heavy atom. The van der Waals surface area contributed by atoms with Crippen LogP contribution in [-0.4, -0.2) is 34.4 Å². The van der Waals surface area contributed by atoms with E-state index >= 15 is 0 Å². The Morgan fingerprint density at radius 1 is 1.07 bits per heavy atom. The first-order valence-corrected chi connectivity index (χ1v) is 8.89. The van der Waals surface area contributed by atoms with Crippen LogP contribution < -0.4 is 15.4 Å². The first-order valence-electron chi connectivity index (χ1n) is 8.89. The molecule has 148 valence electrons. The minimum absolute atomic E-state index is 0. The smallest absolute Gasteiger partial charge is 0.191 e. The molecule has 0 atom stereocenters. The average Bonchev–Trinajstić information content (AvgIpc) is 3.20. The van der Waals surface area contributed by atoms with Gasteiger partial charge >= 0.3 is 0 Å². The van der Waals surface area contributed by atoms with Crippen molar-refractivity contribution < 1.29 is 4.74 Å². The number of benzene rings is 2. The van der Waals surface area contributed by atoms with Gasteiger partial charge in [-0.3, -0.25) is 4.57 Å². The number of guanidine groups is 1. The summed E-state index contributed by atoms with van der Waals surface area (Å²) < 4.78 is 7.14. The Hall–Kier alpha value is -2.62. The Bertz CT molecular complexity index is 864. The standard InChI is InChI=1S/C20H24N6O.HI/c1-3-21-20(22-13-16-9-11-18(27-2)12-10-16)23-14-19-25-24-15-26(19)17-7-5-4-6-8-17;/h4-12,15H,3,13-14H2,1-2H3,(H2,21,22,23);1H. The van der Waals surface area contributed by atoms with Gasteiger partial charge in [0.2, 0.25) is 0 Å². The third-order valence-corrected chi connectivity index (χ3v) is 3.99. The maximum atomic E-state index is 5.19. The Balaban J connectivity index is 0.00000280. The highest BCUT2D eigenvalue weighted by atomic mass is 127. The van der Waals surface area contributed by atoms with Gasteiger partial charge in [-0.05, 0) is 36.8 Å². The topological polar surface area (TPSA) is 76.4 Å². The molecule has 0 bridgehead atoms. The summed E-state index contributed by atoms with van der Waals surface area (Å²) in [5, 5.41) is 14.8. The Labute approximate surface area is 182 Å². The van der Waals surface area contributed by atoms with E-state index in [-0.39, 0.29) is 24.0 Å². The molecule has 1 aromatic heterocycles. The molecule has 0 radical (unpaired) electrons. The first kappa shape index (κ1) is 21.7. The molecule has 1 heterocycles. The van der Waals surface area contributed by atoms with Crippen LogP contribution in [0.2, 0.25) is 0 Å². The third kappa shape index (κ3) is 5.95. The Kier molecular flexibility index (Phi) is 8.73. The summed E-state index contributed by atoms with van der Waals surface area (Å²) in [7, 11) is 1.66. The Morgan fingerprint density at radius 2 is 1.82 bits per heavy atom. The molecule has 3 rings (SSSR count). The van der Waals surface area contributed by atoms with Gasteiger partial charge in [0.05, 0.1) is 20.2 Å². The van der Waals surface area contributed by atoms with Crippen LogP contribution in [-0.2, 0) is 13.1 Å². The lowest BCUT2D eigenvalue weighted by molar-refractivity contribution is 0.414. The molecule has 3 aromatic rings. The molecule has 0 aliphatic carbocycles. The summed E-state index contributed by atoms with van der Waals surface area (Å²) in [4.78, 5) is 4.64. The normalized spacial score (nSPS) is 10.9. The lowest BCUT2D eigenvalue weighted by Gasteiger charge is -2.12. The fraction of sp³-hybridized carbons (Fsp3) is 0.250. The number of halogens is 1. The van der Waals surface area contributed by atoms with Crippen LogP contribution in [0.5, 0.6) is 5.75 Å². The van der Waals surface area contributed by atoms with E-state index < -0.39 is 0 Å². The van der Waals surface area contributed by atoms with Gasteiger partial charge in [-0.2, -0.15) is 0 Å². The number of nitrogens with zero attached hydrogens (tertiary/aromatic N) is 4. The van der Waals surface area contributed by atoms with Crippen molar-refractivity contribution in [2.75, 3.05) is 13.7 Å². The molecule has 8 heteroatoms. The van der Waals surface area contributed by atoms with Gasteiger partial charge in [0.1, 0.15) is 12.1 Å². The molecular formula is C20H25IN6O. The van der Waals surface area contributed by atoms with Crippen LogP contribution in [0.3, 0.4) is 0 Å². The quantitative estimate of drug-likeness (QED) is 0.301. The summed E-state index contributed by atoms with van der Waals surface area (Å²) >= 11 is 0. The second kappa shape index (κ2) is 11.3. The highest BCUT2D eigenvalue weighted by Crippen LogP contribution is 2.12. The number of aromatic nitrogens is 3. The fourth-order valence-electron chi connectivity index (χ4n) is 2.59. The summed E-state index contributed by atoms with van der Waals surface area (Å²) in [5.74, 6) is 2.39. The lowest BCUT2D eigenvalue weighted by Crippen LogP contribution is -2.37. The van der Waals surface area contributed by atoms with Crippen molar-refractivity contribution in [3.63, 3.8) is 0 Å². The van der Waals surface area contributed by atoms with Crippen molar-refractivity contribution >= 4 is 29.9 Å². The van der Waals surface area contributed by atoms with Gasteiger partial charge in [-0.1, -0.05) is 30.3 Å². The molecule has 2 aromatic carbocycles. The van der Waals surface area contributed by atoms with Crippen molar-refractivity contribution in [3.8, 4) is 11.4 Å². The van der Waals surface area contributed by atoms with Crippen molar-refractivity contribution in [1.82, 2.24) is 25.4 Å². The van der Waals surface area contributed by atoms with Gasteiger partial charge in [0, 0.05) is 12.2 Å². The number of rotatable bonds is 7. The van der Waals surface area contributed by atoms with E-state index in [1.165, 1.54) is 0 Å². The van der Waals surface area contributed by atoms with Crippen LogP contribution in [0, 0.1) is 0 Å². The second-order valence-electron chi connectivity index (χ2n) is 5.85. The minimum atomic E-state index is 0. The molecular weight excluding hydrogens is 467 g/mol. The summed E-state index contributed by atoms with van der Waals surface area (Å²) in [5.41, 5.74) is 2.14. The molecule has 0 saturated heterocycles. The molecule has 28 heavy (non-hydrogen) atoms. The van der Waals surface area contributed by atoms with Crippen LogP contribution >= 0.6 is 24.0 Å². The van der Waals surface area contributed by atoms with Crippen molar-refractivity contribution in [1.29, 1.82) is 0 Å². The maximum absolute atomic E-state index is 5.19. The first-order chi connectivity index (χ1) is 13.3. The second-order valence-corrected chi connectivity index (χ2v) is 5.85. The zero-order chi connectivity index (χ0) is 18.9. The van der Waals surface area contributed by atoms with Crippen LogP contribution in [0.1, 0.15) is 18.3 Å². The van der Waals surface area contributed by atoms with Gasteiger partial charge in [-0.25, -0.2) is 4.99 Å². The van der Waals surface area contributed by atoms with E-state index in [9.17, 15) is 0 Å². The molecule has 0 aliphatic heterocycles. The van der Waals surface area contributed by atoms with Crippen molar-refractivity contribution in [3.05, 3.63) is 72.3 Å². The average molecular weight is 492 g/mol. The largest absolute Gasteiger partial charge is 0.497 e. The molecule has 2 N–H and O–H groups in total. The van der Waals surface area contributed by atoms with Crippen molar-refractivity contribution in [2.24, 2.45) is 4.99 Å². The highest BCUT2D eigenvalue weighted by Gasteiger charge is 2.07. The summed E-state index contributed by atoms with van der Waals surface area (Å²) in [6.07, 6.45) is 1.72. The van der Waals surface area contributed by atoms with E-state index in [4.69, 9.17) is 4.74 Å². The van der Waals surface area contributed by atoms with Crippen LogP contribution in [0.15, 0.2) is 65.9 Å². The number of ether oxygens (including phenoxy) is 1. The monoisotopic (exact) mass is 492 g/mol. The number of hydrogen-bond acceptors (Lipinski definition) is 4. The van der Waals surface area contributed by atoms with Gasteiger partial charge in [0.25, 0.3) is 0 Å². The fourth-order valence-corrected chi connectivity index (χ4v) is 2.59. The highest BCUT2D eigenvalue weighted by molar-refractivity contribution is 14.0. The molecule has 0 fully saturated rings. The lowest BCUT2D eigenvalue weighted by atomic mass is 10.2. The van der Waals surface area contributed by atoms with Gasteiger partial charge in [-0.15, -0.1) is 34.2 Å². The van der Waals surface area contributed by atoms with E-state index in [1.54, 1.807) is 13.4 Å². The molecule has 0 unspecified atom stereocenters. The van der Waals surface area contributed by atoms with Crippen LogP contribution in [0.4, 0.5) is 0 Å². The zero-order valence-electron chi connectivity index (χ0n) is 16.0. The van der Waals surface area contributed by atoms with E-state index in [1.807, 2.05) is 66.1 Å². The zero-order valence-corrected chi connectivity index (χ0v) is 18.3. The molecule has 0 spiro atoms. The third-order valence-electron chi connectivity index (χ3n) is 3.99. The van der Waals surface area contributed by atoms with Crippen LogP contribution in [0.25, 0.3) is 5.69 Å². The predicted octanol–water partition coefficient (Wildman–Crippen LogP) is 3.15. The summed E-state index contributed by atoms with van der Waals surface area (Å²) in [6, 6.07) is 17.9. The maximum Gasteiger partial charge on any atom is 0.191 e. The molecule has 0 aliphatic rings. The van der Waals surface area contributed by atoms with E-state index in [0.717, 1.165) is 35.3 Å². The predicted molar refractivity (Wildman–Crippen MR) is 121 cm³/mol. The number of para-hydroxylation sites is 1. The number of hydrogen-bond donors (Lipinski definition) is 2. The number of nitrogens with one attached hydrogen (secondary N) is 2. The summed E-state index contributed by atoms with van der Waals surface area (Å²) in [6.45, 7) is 3.91. The SMILES string of the molecule is CCNC(=NCc1ccc(OC)cc1)NCc1nncn1-c1ccccc1.I. The van der Waals surface area contributed by atoms with E-state index in [0.29, 0.717) is 13.1 Å². The van der Waals surface area contributed by atoms with Crippen molar-refractivity contribution in [2.45, 2.75) is 20.0 Å². The number of aliphatic imine (C=N–C) groups is 1. The molecule has 0 amide bonds. The van der Waals surface area contributed by atoms with Gasteiger partial charge < -0.3 is 15.4 Å². The minimum Gasteiger partial charge on any atom is -0.497 e. The molecule has 0 saturated carbocycles. The molecule has 7 nitrogen and oxygen atoms in total.